The van der Waals surface area contributed by atoms with Gasteiger partial charge in [-0.2, -0.15) is 0 Å². The summed E-state index contributed by atoms with van der Waals surface area (Å²) in [5.74, 6) is -0.0147. The number of nitrogens with one attached hydrogen (secondary N) is 2. The number of carbonyl (C=O) groups excluding carboxylic acids is 1. The van der Waals surface area contributed by atoms with Crippen LogP contribution in [0.4, 0.5) is 22.7 Å². The molecule has 5 nitrogen and oxygen atoms in total. The van der Waals surface area contributed by atoms with Gasteiger partial charge < -0.3 is 21.3 Å². The van der Waals surface area contributed by atoms with Crippen LogP contribution in [0, 0.1) is 0 Å². The molecule has 27 heavy (non-hydrogen) atoms. The molecule has 1 saturated carbocycles. The van der Waals surface area contributed by atoms with E-state index in [1.807, 2.05) is 24.3 Å². The predicted molar refractivity (Wildman–Crippen MR) is 112 cm³/mol. The summed E-state index contributed by atoms with van der Waals surface area (Å²) in [5, 5.41) is 6.44. The van der Waals surface area contributed by atoms with E-state index in [1.165, 1.54) is 32.1 Å². The minimum Gasteiger partial charge on any atom is -0.397 e. The van der Waals surface area contributed by atoms with Gasteiger partial charge in [0, 0.05) is 19.5 Å². The van der Waals surface area contributed by atoms with Crippen molar-refractivity contribution in [3.05, 3.63) is 48.0 Å². The Morgan fingerprint density at radius 1 is 1.07 bits per heavy atom. The molecule has 2 aromatic carbocycles. The van der Waals surface area contributed by atoms with Crippen molar-refractivity contribution in [1.82, 2.24) is 0 Å². The Kier molecular flexibility index (Phi) is 4.92. The Morgan fingerprint density at radius 2 is 1.81 bits per heavy atom. The quantitative estimate of drug-likeness (QED) is 0.717. The van der Waals surface area contributed by atoms with Crippen LogP contribution in [0.15, 0.2) is 42.5 Å². The SMILES string of the molecule is CN(c1cc2c(cc1N)NC(=O)C(Cc1ccccc1)N2)C1CCCCC1. The molecule has 1 unspecified atom stereocenters. The summed E-state index contributed by atoms with van der Waals surface area (Å²) < 4.78 is 0. The molecule has 0 radical (unpaired) electrons. The first kappa shape index (κ1) is 17.7. The third kappa shape index (κ3) is 3.72. The van der Waals surface area contributed by atoms with E-state index in [4.69, 9.17) is 5.73 Å². The van der Waals surface area contributed by atoms with Crippen LogP contribution in [0.5, 0.6) is 0 Å². The van der Waals surface area contributed by atoms with Crippen LogP contribution in [0.2, 0.25) is 0 Å². The number of carbonyl (C=O) groups is 1. The third-order valence-electron chi connectivity index (χ3n) is 5.86. The predicted octanol–water partition coefficient (Wildman–Crippen LogP) is 4.01. The zero-order valence-electron chi connectivity index (χ0n) is 15.9. The van der Waals surface area contributed by atoms with Crippen LogP contribution < -0.4 is 21.3 Å². The van der Waals surface area contributed by atoms with E-state index < -0.39 is 0 Å². The van der Waals surface area contributed by atoms with Gasteiger partial charge in [-0.3, -0.25) is 4.79 Å². The number of nitrogen functional groups attached to an aromatic ring is 1. The Morgan fingerprint density at radius 3 is 2.56 bits per heavy atom. The molecule has 5 heteroatoms. The van der Waals surface area contributed by atoms with Gasteiger partial charge in [-0.15, -0.1) is 0 Å². The maximum Gasteiger partial charge on any atom is 0.247 e. The summed E-state index contributed by atoms with van der Waals surface area (Å²) in [5.41, 5.74) is 10.9. The number of nitrogens with two attached hydrogens (primary N) is 1. The first-order valence-electron chi connectivity index (χ1n) is 9.89. The summed E-state index contributed by atoms with van der Waals surface area (Å²) in [4.78, 5) is 14.8. The summed E-state index contributed by atoms with van der Waals surface area (Å²) >= 11 is 0. The summed E-state index contributed by atoms with van der Waals surface area (Å²) in [6.07, 6.45) is 6.99. The molecular weight excluding hydrogens is 336 g/mol. The molecular formula is C22H28N4O. The van der Waals surface area contributed by atoms with Crippen molar-refractivity contribution in [2.75, 3.05) is 28.3 Å². The van der Waals surface area contributed by atoms with Gasteiger partial charge in [-0.25, -0.2) is 0 Å². The molecule has 1 aliphatic carbocycles. The summed E-state index contributed by atoms with van der Waals surface area (Å²) in [7, 11) is 2.14. The maximum absolute atomic E-state index is 12.5. The van der Waals surface area contributed by atoms with Gasteiger partial charge in [0.05, 0.1) is 22.7 Å². The molecule has 1 fully saturated rings. The van der Waals surface area contributed by atoms with Crippen LogP contribution in [0.25, 0.3) is 0 Å². The lowest BCUT2D eigenvalue weighted by Crippen LogP contribution is -2.40. The number of nitrogens with zero attached hydrogens (tertiary/aromatic N) is 1. The number of fused-ring (bicyclic) bond motifs is 1. The van der Waals surface area contributed by atoms with E-state index in [2.05, 4.69) is 40.8 Å². The van der Waals surface area contributed by atoms with Crippen molar-refractivity contribution < 1.29 is 4.79 Å². The van der Waals surface area contributed by atoms with E-state index in [1.54, 1.807) is 0 Å². The van der Waals surface area contributed by atoms with Gasteiger partial charge in [0.1, 0.15) is 6.04 Å². The number of hydrogen-bond acceptors (Lipinski definition) is 4. The number of amides is 1. The second-order valence-electron chi connectivity index (χ2n) is 7.74. The second kappa shape index (κ2) is 7.51. The van der Waals surface area contributed by atoms with Crippen molar-refractivity contribution >= 4 is 28.7 Å². The van der Waals surface area contributed by atoms with E-state index in [0.717, 1.165) is 22.6 Å². The van der Waals surface area contributed by atoms with Gasteiger partial charge in [0.15, 0.2) is 0 Å². The van der Waals surface area contributed by atoms with E-state index in [-0.39, 0.29) is 11.9 Å². The molecule has 0 bridgehead atoms. The molecule has 142 valence electrons. The molecule has 1 heterocycles. The average Bonchev–Trinajstić information content (AvgIpc) is 2.69. The normalized spacial score (nSPS) is 19.7. The maximum atomic E-state index is 12.5. The zero-order valence-corrected chi connectivity index (χ0v) is 15.9. The average molecular weight is 364 g/mol. The van der Waals surface area contributed by atoms with Gasteiger partial charge >= 0.3 is 0 Å². The lowest BCUT2D eigenvalue weighted by atomic mass is 9.94. The fraction of sp³-hybridized carbons (Fsp3) is 0.409. The summed E-state index contributed by atoms with van der Waals surface area (Å²) in [6.45, 7) is 0. The monoisotopic (exact) mass is 364 g/mol. The van der Waals surface area contributed by atoms with Crippen LogP contribution in [-0.4, -0.2) is 25.0 Å². The fourth-order valence-electron chi connectivity index (χ4n) is 4.26. The van der Waals surface area contributed by atoms with E-state index in [9.17, 15) is 4.79 Å². The number of rotatable bonds is 4. The van der Waals surface area contributed by atoms with Gasteiger partial charge in [0.2, 0.25) is 5.91 Å². The molecule has 2 aromatic rings. The number of benzene rings is 2. The second-order valence-corrected chi connectivity index (χ2v) is 7.74. The van der Waals surface area contributed by atoms with Crippen molar-refractivity contribution in [2.24, 2.45) is 0 Å². The first-order valence-corrected chi connectivity index (χ1v) is 9.89. The lowest BCUT2D eigenvalue weighted by Gasteiger charge is -2.35. The molecule has 0 saturated heterocycles. The standard InChI is InChI=1S/C22H28N4O/c1-26(16-10-6-3-7-11-16)21-14-19-18(13-17(21)23)25-22(27)20(24-19)12-15-8-4-2-5-9-15/h2,4-5,8-9,13-14,16,20,24H,3,6-7,10-12,23H2,1H3,(H,25,27). The highest BCUT2D eigenvalue weighted by Gasteiger charge is 2.28. The fourth-order valence-corrected chi connectivity index (χ4v) is 4.26. The third-order valence-corrected chi connectivity index (χ3v) is 5.86. The van der Waals surface area contributed by atoms with Crippen LogP contribution in [0.3, 0.4) is 0 Å². The number of hydrogen-bond donors (Lipinski definition) is 3. The lowest BCUT2D eigenvalue weighted by molar-refractivity contribution is -0.117. The largest absolute Gasteiger partial charge is 0.397 e. The van der Waals surface area contributed by atoms with Crippen molar-refractivity contribution in [2.45, 2.75) is 50.6 Å². The molecule has 1 atom stereocenters. The molecule has 0 aromatic heterocycles. The molecule has 4 N–H and O–H groups in total. The highest BCUT2D eigenvalue weighted by atomic mass is 16.2. The van der Waals surface area contributed by atoms with E-state index >= 15 is 0 Å². The highest BCUT2D eigenvalue weighted by Crippen LogP contribution is 2.38. The Labute approximate surface area is 160 Å². The number of anilines is 4. The van der Waals surface area contributed by atoms with Gasteiger partial charge in [0.25, 0.3) is 0 Å². The topological polar surface area (TPSA) is 70.4 Å². The van der Waals surface area contributed by atoms with Gasteiger partial charge in [-0.05, 0) is 30.5 Å². The molecule has 1 aliphatic heterocycles. The minimum atomic E-state index is -0.281. The van der Waals surface area contributed by atoms with Crippen LogP contribution >= 0.6 is 0 Å². The van der Waals surface area contributed by atoms with Crippen molar-refractivity contribution in [3.8, 4) is 0 Å². The summed E-state index contributed by atoms with van der Waals surface area (Å²) in [6, 6.07) is 14.3. The Bertz CT molecular complexity index is 815. The van der Waals surface area contributed by atoms with Crippen molar-refractivity contribution in [3.63, 3.8) is 0 Å². The Hall–Kier alpha value is -2.69. The first-order chi connectivity index (χ1) is 13.1. The van der Waals surface area contributed by atoms with Crippen LogP contribution in [-0.2, 0) is 11.2 Å². The van der Waals surface area contributed by atoms with Crippen LogP contribution in [0.1, 0.15) is 37.7 Å². The zero-order chi connectivity index (χ0) is 18.8. The minimum absolute atomic E-state index is 0.0147. The highest BCUT2D eigenvalue weighted by molar-refractivity contribution is 6.04. The van der Waals surface area contributed by atoms with E-state index in [0.29, 0.717) is 18.2 Å². The van der Waals surface area contributed by atoms with Crippen molar-refractivity contribution in [1.29, 1.82) is 0 Å². The molecule has 2 aliphatic rings. The smallest absolute Gasteiger partial charge is 0.247 e. The molecule has 4 rings (SSSR count). The molecule has 1 amide bonds. The Balaban J connectivity index is 1.57. The molecule has 0 spiro atoms. The van der Waals surface area contributed by atoms with Gasteiger partial charge in [-0.1, -0.05) is 49.6 Å².